The summed E-state index contributed by atoms with van der Waals surface area (Å²) in [5, 5.41) is 31.5. The van der Waals surface area contributed by atoms with Crippen LogP contribution in [-0.4, -0.2) is 52.3 Å². The maximum absolute atomic E-state index is 11.5. The second-order valence-corrected chi connectivity index (χ2v) is 8.91. The van der Waals surface area contributed by atoms with Gasteiger partial charge in [-0.15, -0.1) is 0 Å². The van der Waals surface area contributed by atoms with Crippen molar-refractivity contribution in [1.82, 2.24) is 0 Å². The molecule has 3 N–H and O–H groups in total. The molecule has 0 heterocycles. The van der Waals surface area contributed by atoms with Gasteiger partial charge in [-0.05, 0) is 57.2 Å². The number of rotatable bonds is 12. The zero-order chi connectivity index (χ0) is 23.5. The summed E-state index contributed by atoms with van der Waals surface area (Å²) in [7, 11) is 0. The molecule has 0 aliphatic heterocycles. The second kappa shape index (κ2) is 13.6. The van der Waals surface area contributed by atoms with E-state index in [1.807, 2.05) is 26.0 Å². The summed E-state index contributed by atoms with van der Waals surface area (Å²) < 4.78 is 10.6. The third kappa shape index (κ3) is 9.33. The minimum Gasteiger partial charge on any atom is -0.491 e. The first-order chi connectivity index (χ1) is 15.3. The maximum Gasteiger partial charge on any atom is 0.306 e. The van der Waals surface area contributed by atoms with Crippen LogP contribution in [-0.2, 0) is 9.53 Å². The number of unbranched alkanes of at least 4 members (excludes halogenated alkanes) is 1. The summed E-state index contributed by atoms with van der Waals surface area (Å²) >= 11 is 5.92. The van der Waals surface area contributed by atoms with Gasteiger partial charge in [0.2, 0.25) is 0 Å². The number of halogens is 1. The van der Waals surface area contributed by atoms with E-state index in [9.17, 15) is 20.1 Å². The van der Waals surface area contributed by atoms with Gasteiger partial charge in [0.05, 0.1) is 18.3 Å². The summed E-state index contributed by atoms with van der Waals surface area (Å²) in [5.41, 5.74) is 0. The number of aliphatic hydroxyl groups excluding tert-OH is 3. The summed E-state index contributed by atoms with van der Waals surface area (Å²) in [6, 6.07) is 6.94. The third-order valence-corrected chi connectivity index (χ3v) is 5.62. The van der Waals surface area contributed by atoms with Gasteiger partial charge in [0.25, 0.3) is 0 Å². The van der Waals surface area contributed by atoms with Crippen molar-refractivity contribution < 1.29 is 29.6 Å². The molecule has 1 aliphatic carbocycles. The van der Waals surface area contributed by atoms with Gasteiger partial charge in [-0.25, -0.2) is 0 Å². The van der Waals surface area contributed by atoms with Crippen molar-refractivity contribution in [3.05, 3.63) is 53.6 Å². The molecule has 32 heavy (non-hydrogen) atoms. The average Bonchev–Trinajstić information content (AvgIpc) is 2.99. The predicted octanol–water partition coefficient (Wildman–Crippen LogP) is 4.06. The molecule has 1 saturated carbocycles. The molecule has 0 radical (unpaired) electrons. The van der Waals surface area contributed by atoms with Crippen LogP contribution in [0.3, 0.4) is 0 Å². The number of ether oxygens (including phenoxy) is 2. The Morgan fingerprint density at radius 1 is 1.25 bits per heavy atom. The quantitative estimate of drug-likeness (QED) is 0.244. The molecule has 1 aromatic rings. The Kier molecular flexibility index (Phi) is 11.2. The highest BCUT2D eigenvalue weighted by Gasteiger charge is 2.39. The molecular formula is C25H35ClO6. The zero-order valence-electron chi connectivity index (χ0n) is 18.8. The van der Waals surface area contributed by atoms with Gasteiger partial charge in [-0.1, -0.05) is 42.0 Å². The molecule has 2 rings (SSSR count). The van der Waals surface area contributed by atoms with Crippen molar-refractivity contribution in [3.8, 4) is 5.75 Å². The first-order valence-corrected chi connectivity index (χ1v) is 11.6. The van der Waals surface area contributed by atoms with E-state index in [0.717, 1.165) is 6.42 Å². The molecule has 1 aromatic carbocycles. The minimum atomic E-state index is -0.847. The fraction of sp³-hybridized carbons (Fsp3) is 0.560. The van der Waals surface area contributed by atoms with E-state index in [1.54, 1.807) is 36.4 Å². The Labute approximate surface area is 195 Å². The topological polar surface area (TPSA) is 96.2 Å². The number of esters is 1. The normalized spacial score (nSPS) is 24.5. The van der Waals surface area contributed by atoms with Crippen LogP contribution in [0.2, 0.25) is 5.02 Å². The number of allylic oxidation sites excluding steroid dienone is 2. The predicted molar refractivity (Wildman–Crippen MR) is 125 cm³/mol. The molecule has 178 valence electrons. The van der Waals surface area contributed by atoms with E-state index in [-0.39, 0.29) is 30.5 Å². The van der Waals surface area contributed by atoms with Crippen LogP contribution in [0.4, 0.5) is 0 Å². The van der Waals surface area contributed by atoms with E-state index in [4.69, 9.17) is 21.1 Å². The van der Waals surface area contributed by atoms with E-state index in [2.05, 4.69) is 0 Å². The fourth-order valence-corrected chi connectivity index (χ4v) is 3.99. The van der Waals surface area contributed by atoms with Crippen molar-refractivity contribution >= 4 is 17.6 Å². The molecule has 7 heteroatoms. The number of aliphatic hydroxyl groups is 3. The van der Waals surface area contributed by atoms with Crippen LogP contribution >= 0.6 is 11.6 Å². The number of benzene rings is 1. The smallest absolute Gasteiger partial charge is 0.306 e. The Morgan fingerprint density at radius 3 is 2.75 bits per heavy atom. The Bertz CT molecular complexity index is 763. The van der Waals surface area contributed by atoms with Crippen molar-refractivity contribution in [1.29, 1.82) is 0 Å². The van der Waals surface area contributed by atoms with Gasteiger partial charge in [-0.2, -0.15) is 0 Å². The van der Waals surface area contributed by atoms with Crippen LogP contribution < -0.4 is 4.74 Å². The van der Waals surface area contributed by atoms with Crippen LogP contribution in [0.5, 0.6) is 5.75 Å². The van der Waals surface area contributed by atoms with Gasteiger partial charge in [0.1, 0.15) is 18.5 Å². The zero-order valence-corrected chi connectivity index (χ0v) is 19.5. The maximum atomic E-state index is 11.5. The van der Waals surface area contributed by atoms with Crippen LogP contribution in [0.15, 0.2) is 48.6 Å². The van der Waals surface area contributed by atoms with Gasteiger partial charge in [0.15, 0.2) is 0 Å². The molecule has 1 aliphatic rings. The number of hydrogen-bond donors (Lipinski definition) is 3. The SMILES string of the molecule is CC(C)OC(=O)CCCC=CC[C@H]1[C@@H](O)CC(O)[C@@H]1/C=C/[C@@H](O)COc1cccc(Cl)c1. The molecule has 0 spiro atoms. The Hall–Kier alpha value is -1.86. The van der Waals surface area contributed by atoms with Gasteiger partial charge in [0, 0.05) is 23.8 Å². The minimum absolute atomic E-state index is 0.0615. The second-order valence-electron chi connectivity index (χ2n) is 8.47. The van der Waals surface area contributed by atoms with Crippen LogP contribution in [0, 0.1) is 11.8 Å². The molecule has 0 aromatic heterocycles. The highest BCUT2D eigenvalue weighted by atomic mass is 35.5. The first-order valence-electron chi connectivity index (χ1n) is 11.2. The summed E-state index contributed by atoms with van der Waals surface area (Å²) in [6.45, 7) is 3.72. The van der Waals surface area contributed by atoms with Gasteiger partial charge in [-0.3, -0.25) is 4.79 Å². The van der Waals surface area contributed by atoms with E-state index in [0.29, 0.717) is 36.5 Å². The lowest BCUT2D eigenvalue weighted by Gasteiger charge is -2.19. The molecule has 0 saturated heterocycles. The molecule has 0 amide bonds. The molecule has 6 nitrogen and oxygen atoms in total. The highest BCUT2D eigenvalue weighted by Crippen LogP contribution is 2.36. The summed E-state index contributed by atoms with van der Waals surface area (Å²) in [6.07, 6.45) is 7.90. The lowest BCUT2D eigenvalue weighted by Crippen LogP contribution is -2.21. The Morgan fingerprint density at radius 2 is 2.03 bits per heavy atom. The van der Waals surface area contributed by atoms with Crippen LogP contribution in [0.1, 0.15) is 46.0 Å². The lowest BCUT2D eigenvalue weighted by molar-refractivity contribution is -0.147. The van der Waals surface area contributed by atoms with Gasteiger partial charge >= 0.3 is 5.97 Å². The standard InChI is InChI=1S/C25H35ClO6/c1-17(2)32-25(30)11-6-4-3-5-10-21-22(24(29)15-23(21)28)13-12-19(27)16-31-20-9-7-8-18(26)14-20/h3,5,7-9,12-14,17,19,21-24,27-29H,4,6,10-11,15-16H2,1-2H3/b5-3?,13-12+/t19-,21-,22-,23+,24?/m1/s1. The monoisotopic (exact) mass is 466 g/mol. The van der Waals surface area contributed by atoms with E-state index in [1.165, 1.54) is 0 Å². The molecule has 1 unspecified atom stereocenters. The molecule has 0 bridgehead atoms. The third-order valence-electron chi connectivity index (χ3n) is 5.38. The largest absolute Gasteiger partial charge is 0.491 e. The molecular weight excluding hydrogens is 432 g/mol. The summed E-state index contributed by atoms with van der Waals surface area (Å²) in [4.78, 5) is 11.5. The lowest BCUT2D eigenvalue weighted by atomic mass is 9.89. The average molecular weight is 467 g/mol. The van der Waals surface area contributed by atoms with E-state index >= 15 is 0 Å². The number of carbonyl (C=O) groups is 1. The number of carbonyl (C=O) groups excluding carboxylic acids is 1. The summed E-state index contributed by atoms with van der Waals surface area (Å²) in [5.74, 6) is -0.00598. The van der Waals surface area contributed by atoms with Crippen molar-refractivity contribution in [2.75, 3.05) is 6.61 Å². The van der Waals surface area contributed by atoms with Crippen molar-refractivity contribution in [2.45, 2.75) is 70.4 Å². The first kappa shape index (κ1) is 26.4. The number of hydrogen-bond acceptors (Lipinski definition) is 6. The molecule has 5 atom stereocenters. The van der Waals surface area contributed by atoms with E-state index < -0.39 is 18.3 Å². The van der Waals surface area contributed by atoms with Crippen LogP contribution in [0.25, 0.3) is 0 Å². The molecule has 1 fully saturated rings. The van der Waals surface area contributed by atoms with Crippen molar-refractivity contribution in [3.63, 3.8) is 0 Å². The Balaban J connectivity index is 1.78. The van der Waals surface area contributed by atoms with Crippen molar-refractivity contribution in [2.24, 2.45) is 11.8 Å². The fourth-order valence-electron chi connectivity index (χ4n) is 3.81. The highest BCUT2D eigenvalue weighted by molar-refractivity contribution is 6.30. The van der Waals surface area contributed by atoms with Gasteiger partial charge < -0.3 is 24.8 Å².